The van der Waals surface area contributed by atoms with Crippen LogP contribution in [-0.4, -0.2) is 29.2 Å². The first-order valence-corrected chi connectivity index (χ1v) is 10.1. The van der Waals surface area contributed by atoms with Crippen LogP contribution < -0.4 is 5.32 Å². The zero-order valence-corrected chi connectivity index (χ0v) is 16.7. The Hall–Kier alpha value is -2.80. The van der Waals surface area contributed by atoms with Crippen molar-refractivity contribution in [3.8, 4) is 0 Å². The fraction of sp³-hybridized carbons (Fsp3) is 0.286. The van der Waals surface area contributed by atoms with Crippen LogP contribution in [0.3, 0.4) is 0 Å². The summed E-state index contributed by atoms with van der Waals surface area (Å²) < 4.78 is 10.6. The van der Waals surface area contributed by atoms with Crippen LogP contribution in [0.4, 0.5) is 5.69 Å². The van der Waals surface area contributed by atoms with Gasteiger partial charge >= 0.3 is 5.97 Å². The van der Waals surface area contributed by atoms with E-state index in [0.29, 0.717) is 10.8 Å². The number of carbonyl (C=O) groups is 2. The molecule has 3 rings (SSSR count). The van der Waals surface area contributed by atoms with Crippen molar-refractivity contribution in [2.75, 3.05) is 17.7 Å². The van der Waals surface area contributed by atoms with Gasteiger partial charge in [-0.05, 0) is 36.1 Å². The number of oxazole rings is 1. The van der Waals surface area contributed by atoms with Crippen LogP contribution in [0.1, 0.15) is 25.0 Å². The lowest BCUT2D eigenvalue weighted by molar-refractivity contribution is -0.144. The standard InChI is InChI=1S/C21H22N2O4S/c1-3-14-8-7-9-15(4-2)20(14)23-18(24)12-26-19(25)13-28-21-22-16-10-5-6-11-17(16)27-21/h5-11H,3-4,12-13H2,1-2H3,(H,23,24). The third-order valence-corrected chi connectivity index (χ3v) is 5.02. The number of anilines is 1. The Bertz CT molecular complexity index is 928. The first kappa shape index (κ1) is 19.9. The SMILES string of the molecule is CCc1cccc(CC)c1NC(=O)COC(=O)CSc1nc2ccccc2o1. The molecule has 1 heterocycles. The summed E-state index contributed by atoms with van der Waals surface area (Å²) in [5.41, 5.74) is 4.34. The Labute approximate surface area is 167 Å². The van der Waals surface area contributed by atoms with E-state index in [9.17, 15) is 9.59 Å². The normalized spacial score (nSPS) is 10.8. The largest absolute Gasteiger partial charge is 0.455 e. The van der Waals surface area contributed by atoms with E-state index in [1.165, 1.54) is 0 Å². The van der Waals surface area contributed by atoms with E-state index in [2.05, 4.69) is 10.3 Å². The van der Waals surface area contributed by atoms with E-state index >= 15 is 0 Å². The fourth-order valence-corrected chi connectivity index (χ4v) is 3.44. The Kier molecular flexibility index (Phi) is 6.71. The quantitative estimate of drug-likeness (QED) is 0.452. The Balaban J connectivity index is 1.50. The van der Waals surface area contributed by atoms with Crippen molar-refractivity contribution in [3.05, 3.63) is 53.6 Å². The van der Waals surface area contributed by atoms with Gasteiger partial charge in [-0.25, -0.2) is 4.98 Å². The molecule has 3 aromatic rings. The molecule has 2 aromatic carbocycles. The summed E-state index contributed by atoms with van der Waals surface area (Å²) in [6.07, 6.45) is 1.62. The van der Waals surface area contributed by atoms with Crippen molar-refractivity contribution in [1.29, 1.82) is 0 Å². The molecule has 28 heavy (non-hydrogen) atoms. The zero-order valence-electron chi connectivity index (χ0n) is 15.9. The molecule has 146 valence electrons. The maximum absolute atomic E-state index is 12.2. The number of rotatable bonds is 8. The summed E-state index contributed by atoms with van der Waals surface area (Å²) in [5.74, 6) is -0.830. The Morgan fingerprint density at radius 2 is 1.79 bits per heavy atom. The average Bonchev–Trinajstić information content (AvgIpc) is 3.14. The number of hydrogen-bond acceptors (Lipinski definition) is 6. The van der Waals surface area contributed by atoms with Crippen LogP contribution >= 0.6 is 11.8 Å². The van der Waals surface area contributed by atoms with Crippen molar-refractivity contribution >= 4 is 40.4 Å². The van der Waals surface area contributed by atoms with Crippen molar-refractivity contribution in [2.24, 2.45) is 0 Å². The molecule has 7 heteroatoms. The first-order chi connectivity index (χ1) is 13.6. The highest BCUT2D eigenvalue weighted by Crippen LogP contribution is 2.24. The highest BCUT2D eigenvalue weighted by Gasteiger charge is 2.14. The van der Waals surface area contributed by atoms with Gasteiger partial charge in [-0.3, -0.25) is 9.59 Å². The van der Waals surface area contributed by atoms with Gasteiger partial charge in [0.25, 0.3) is 11.1 Å². The molecule has 0 aliphatic rings. The number of para-hydroxylation sites is 3. The molecule has 0 aliphatic heterocycles. The second-order valence-corrected chi connectivity index (χ2v) is 7.03. The number of nitrogens with zero attached hydrogens (tertiary/aromatic N) is 1. The molecule has 0 saturated heterocycles. The van der Waals surface area contributed by atoms with E-state index in [0.717, 1.165) is 46.9 Å². The number of fused-ring (bicyclic) bond motifs is 1. The van der Waals surface area contributed by atoms with Gasteiger partial charge in [0, 0.05) is 5.69 Å². The third-order valence-electron chi connectivity index (χ3n) is 4.22. The van der Waals surface area contributed by atoms with Crippen LogP contribution in [0.2, 0.25) is 0 Å². The van der Waals surface area contributed by atoms with Gasteiger partial charge in [-0.1, -0.05) is 55.9 Å². The minimum absolute atomic E-state index is 0.0197. The maximum atomic E-state index is 12.2. The number of esters is 1. The van der Waals surface area contributed by atoms with Crippen molar-refractivity contribution in [3.63, 3.8) is 0 Å². The second kappa shape index (κ2) is 9.41. The van der Waals surface area contributed by atoms with E-state index < -0.39 is 5.97 Å². The number of carbonyl (C=O) groups excluding carboxylic acids is 2. The van der Waals surface area contributed by atoms with E-state index in [-0.39, 0.29) is 18.3 Å². The van der Waals surface area contributed by atoms with E-state index in [4.69, 9.17) is 9.15 Å². The number of amides is 1. The molecular weight excluding hydrogens is 376 g/mol. The number of nitrogens with one attached hydrogen (secondary N) is 1. The smallest absolute Gasteiger partial charge is 0.316 e. The van der Waals surface area contributed by atoms with Gasteiger partial charge in [0.15, 0.2) is 12.2 Å². The molecule has 0 atom stereocenters. The predicted octanol–water partition coefficient (Wildman–Crippen LogP) is 4.23. The molecular formula is C21H22N2O4S. The lowest BCUT2D eigenvalue weighted by atomic mass is 10.0. The fourth-order valence-electron chi connectivity index (χ4n) is 2.80. The molecule has 0 unspecified atom stereocenters. The topological polar surface area (TPSA) is 81.4 Å². The van der Waals surface area contributed by atoms with Crippen LogP contribution in [0, 0.1) is 0 Å². The molecule has 6 nitrogen and oxygen atoms in total. The molecule has 1 aromatic heterocycles. The number of aryl methyl sites for hydroxylation is 2. The number of hydrogen-bond donors (Lipinski definition) is 1. The molecule has 0 fully saturated rings. The molecule has 1 N–H and O–H groups in total. The number of aromatic nitrogens is 1. The molecule has 0 saturated carbocycles. The minimum Gasteiger partial charge on any atom is -0.455 e. The third kappa shape index (κ3) is 4.92. The Morgan fingerprint density at radius 3 is 2.46 bits per heavy atom. The zero-order chi connectivity index (χ0) is 19.9. The number of ether oxygens (including phenoxy) is 1. The van der Waals surface area contributed by atoms with Gasteiger partial charge in [0.2, 0.25) is 0 Å². The highest BCUT2D eigenvalue weighted by molar-refractivity contribution is 7.99. The summed E-state index contributed by atoms with van der Waals surface area (Å²) in [7, 11) is 0. The van der Waals surface area contributed by atoms with Crippen molar-refractivity contribution in [2.45, 2.75) is 31.9 Å². The molecule has 0 spiro atoms. The van der Waals surface area contributed by atoms with Gasteiger partial charge in [0.05, 0.1) is 0 Å². The molecule has 1 amide bonds. The number of benzene rings is 2. The summed E-state index contributed by atoms with van der Waals surface area (Å²) in [6, 6.07) is 13.3. The summed E-state index contributed by atoms with van der Waals surface area (Å²) in [5, 5.41) is 3.27. The van der Waals surface area contributed by atoms with Crippen LogP contribution in [0.15, 0.2) is 52.1 Å². The van der Waals surface area contributed by atoms with Gasteiger partial charge in [-0.15, -0.1) is 0 Å². The number of thioether (sulfide) groups is 1. The lowest BCUT2D eigenvalue weighted by Gasteiger charge is -2.14. The summed E-state index contributed by atoms with van der Waals surface area (Å²) in [6.45, 7) is 3.75. The molecule has 0 radical (unpaired) electrons. The minimum atomic E-state index is -0.498. The lowest BCUT2D eigenvalue weighted by Crippen LogP contribution is -2.23. The van der Waals surface area contributed by atoms with E-state index in [1.807, 2.05) is 56.3 Å². The van der Waals surface area contributed by atoms with Crippen LogP contribution in [-0.2, 0) is 27.2 Å². The van der Waals surface area contributed by atoms with Crippen molar-refractivity contribution < 1.29 is 18.7 Å². The molecule has 0 bridgehead atoms. The van der Waals surface area contributed by atoms with E-state index in [1.54, 1.807) is 0 Å². The second-order valence-electron chi connectivity index (χ2n) is 6.10. The molecule has 0 aliphatic carbocycles. The van der Waals surface area contributed by atoms with Crippen molar-refractivity contribution in [1.82, 2.24) is 4.98 Å². The maximum Gasteiger partial charge on any atom is 0.316 e. The monoisotopic (exact) mass is 398 g/mol. The summed E-state index contributed by atoms with van der Waals surface area (Å²) >= 11 is 1.14. The van der Waals surface area contributed by atoms with Crippen LogP contribution in [0.5, 0.6) is 0 Å². The average molecular weight is 398 g/mol. The van der Waals surface area contributed by atoms with Crippen LogP contribution in [0.25, 0.3) is 11.1 Å². The predicted molar refractivity (Wildman–Crippen MR) is 110 cm³/mol. The first-order valence-electron chi connectivity index (χ1n) is 9.15. The van der Waals surface area contributed by atoms with Gasteiger partial charge in [-0.2, -0.15) is 0 Å². The van der Waals surface area contributed by atoms with Gasteiger partial charge < -0.3 is 14.5 Å². The summed E-state index contributed by atoms with van der Waals surface area (Å²) in [4.78, 5) is 28.4. The van der Waals surface area contributed by atoms with Gasteiger partial charge in [0.1, 0.15) is 11.3 Å². The Morgan fingerprint density at radius 1 is 1.07 bits per heavy atom. The highest BCUT2D eigenvalue weighted by atomic mass is 32.2.